The highest BCUT2D eigenvalue weighted by Gasteiger charge is 2.09. The zero-order valence-corrected chi connectivity index (χ0v) is 14.0. The van der Waals surface area contributed by atoms with Crippen LogP contribution in [0.25, 0.3) is 6.08 Å². The molecule has 1 fully saturated rings. The number of nitrogens with zero attached hydrogens (tertiary/aromatic N) is 1. The molecule has 1 amide bonds. The van der Waals surface area contributed by atoms with Crippen molar-refractivity contribution in [1.29, 1.82) is 0 Å². The number of amides is 1. The summed E-state index contributed by atoms with van der Waals surface area (Å²) in [6.45, 7) is 8.93. The molecule has 0 atom stereocenters. The van der Waals surface area contributed by atoms with Crippen molar-refractivity contribution in [3.8, 4) is 5.75 Å². The number of hydrogen-bond donors (Lipinski definition) is 1. The van der Waals surface area contributed by atoms with Crippen molar-refractivity contribution in [2.45, 2.75) is 20.0 Å². The van der Waals surface area contributed by atoms with Crippen LogP contribution < -0.4 is 10.1 Å². The molecular formula is C18H26N2O3. The SMILES string of the molecule is CC(C)Oc1cccc(/C=C/C(=O)NCCN2CCOCC2)c1. The maximum Gasteiger partial charge on any atom is 0.244 e. The van der Waals surface area contributed by atoms with Crippen LogP contribution in [0.5, 0.6) is 5.75 Å². The molecule has 1 saturated heterocycles. The summed E-state index contributed by atoms with van der Waals surface area (Å²) in [4.78, 5) is 14.1. The number of hydrogen-bond acceptors (Lipinski definition) is 4. The second kappa shape index (κ2) is 9.33. The highest BCUT2D eigenvalue weighted by Crippen LogP contribution is 2.15. The molecule has 1 aliphatic heterocycles. The zero-order chi connectivity index (χ0) is 16.5. The Hall–Kier alpha value is -1.85. The highest BCUT2D eigenvalue weighted by atomic mass is 16.5. The number of morpholine rings is 1. The van der Waals surface area contributed by atoms with Gasteiger partial charge in [0.2, 0.25) is 5.91 Å². The Morgan fingerprint density at radius 2 is 2.17 bits per heavy atom. The summed E-state index contributed by atoms with van der Waals surface area (Å²) in [6, 6.07) is 7.72. The van der Waals surface area contributed by atoms with Gasteiger partial charge in [0.25, 0.3) is 0 Å². The maximum atomic E-state index is 11.8. The van der Waals surface area contributed by atoms with E-state index in [-0.39, 0.29) is 12.0 Å². The molecule has 0 radical (unpaired) electrons. The lowest BCUT2D eigenvalue weighted by Crippen LogP contribution is -2.41. The minimum atomic E-state index is -0.0755. The lowest BCUT2D eigenvalue weighted by Gasteiger charge is -2.26. The smallest absolute Gasteiger partial charge is 0.244 e. The molecule has 0 spiro atoms. The summed E-state index contributed by atoms with van der Waals surface area (Å²) in [5.41, 5.74) is 0.950. The average Bonchev–Trinajstić information content (AvgIpc) is 2.54. The first-order valence-electron chi connectivity index (χ1n) is 8.16. The second-order valence-corrected chi connectivity index (χ2v) is 5.82. The number of benzene rings is 1. The predicted octanol–water partition coefficient (Wildman–Crippen LogP) is 1.94. The van der Waals surface area contributed by atoms with Gasteiger partial charge in [0, 0.05) is 32.3 Å². The molecule has 0 unspecified atom stereocenters. The molecule has 1 aromatic carbocycles. The van der Waals surface area contributed by atoms with Crippen molar-refractivity contribution >= 4 is 12.0 Å². The Balaban J connectivity index is 1.74. The van der Waals surface area contributed by atoms with Crippen LogP contribution in [0.15, 0.2) is 30.3 Å². The third-order valence-electron chi connectivity index (χ3n) is 3.49. The molecule has 1 heterocycles. The normalized spacial score (nSPS) is 16.0. The van der Waals surface area contributed by atoms with Gasteiger partial charge in [0.05, 0.1) is 19.3 Å². The molecule has 0 aliphatic carbocycles. The third-order valence-corrected chi connectivity index (χ3v) is 3.49. The summed E-state index contributed by atoms with van der Waals surface area (Å²) in [7, 11) is 0. The quantitative estimate of drug-likeness (QED) is 0.781. The minimum Gasteiger partial charge on any atom is -0.491 e. The van der Waals surface area contributed by atoms with Crippen LogP contribution in [0.1, 0.15) is 19.4 Å². The predicted molar refractivity (Wildman–Crippen MR) is 91.5 cm³/mol. The molecule has 0 bridgehead atoms. The van der Waals surface area contributed by atoms with Crippen LogP contribution in [0.4, 0.5) is 0 Å². The fourth-order valence-corrected chi connectivity index (χ4v) is 2.36. The van der Waals surface area contributed by atoms with Crippen LogP contribution in [-0.4, -0.2) is 56.3 Å². The van der Waals surface area contributed by atoms with E-state index in [4.69, 9.17) is 9.47 Å². The van der Waals surface area contributed by atoms with Crippen LogP contribution in [-0.2, 0) is 9.53 Å². The Morgan fingerprint density at radius 3 is 2.91 bits per heavy atom. The number of rotatable bonds is 7. The Kier molecular flexibility index (Phi) is 7.10. The average molecular weight is 318 g/mol. The van der Waals surface area contributed by atoms with Crippen LogP contribution in [0, 0.1) is 0 Å². The fraction of sp³-hybridized carbons (Fsp3) is 0.500. The molecule has 126 valence electrons. The summed E-state index contributed by atoms with van der Waals surface area (Å²) in [5, 5.41) is 2.91. The standard InChI is InChI=1S/C18H26N2O3/c1-15(2)23-17-5-3-4-16(14-17)6-7-18(21)19-8-9-20-10-12-22-13-11-20/h3-7,14-15H,8-13H2,1-2H3,(H,19,21)/b7-6+. The fourth-order valence-electron chi connectivity index (χ4n) is 2.36. The molecule has 0 saturated carbocycles. The molecule has 1 N–H and O–H groups in total. The van der Waals surface area contributed by atoms with E-state index in [2.05, 4.69) is 10.2 Å². The molecule has 23 heavy (non-hydrogen) atoms. The van der Waals surface area contributed by atoms with Crippen LogP contribution in [0.3, 0.4) is 0 Å². The van der Waals surface area contributed by atoms with E-state index < -0.39 is 0 Å². The van der Waals surface area contributed by atoms with Gasteiger partial charge in [-0.25, -0.2) is 0 Å². The van der Waals surface area contributed by atoms with Gasteiger partial charge in [-0.1, -0.05) is 12.1 Å². The van der Waals surface area contributed by atoms with E-state index in [1.165, 1.54) is 0 Å². The van der Waals surface area contributed by atoms with Gasteiger partial charge < -0.3 is 14.8 Å². The lowest BCUT2D eigenvalue weighted by atomic mass is 10.2. The molecule has 5 nitrogen and oxygen atoms in total. The van der Waals surface area contributed by atoms with Crippen molar-refractivity contribution < 1.29 is 14.3 Å². The van der Waals surface area contributed by atoms with Gasteiger partial charge in [0.15, 0.2) is 0 Å². The summed E-state index contributed by atoms with van der Waals surface area (Å²) < 4.78 is 10.9. The Labute approximate surface area is 138 Å². The van der Waals surface area contributed by atoms with Crippen LogP contribution in [0.2, 0.25) is 0 Å². The topological polar surface area (TPSA) is 50.8 Å². The summed E-state index contributed by atoms with van der Waals surface area (Å²) in [5.74, 6) is 0.739. The van der Waals surface area contributed by atoms with E-state index in [1.807, 2.05) is 38.1 Å². The molecule has 2 rings (SSSR count). The third kappa shape index (κ3) is 6.84. The van der Waals surface area contributed by atoms with Gasteiger partial charge in [-0.3, -0.25) is 9.69 Å². The molecule has 1 aliphatic rings. The van der Waals surface area contributed by atoms with Crippen molar-refractivity contribution in [3.05, 3.63) is 35.9 Å². The van der Waals surface area contributed by atoms with Gasteiger partial charge in [0.1, 0.15) is 5.75 Å². The number of carbonyl (C=O) groups is 1. The maximum absolute atomic E-state index is 11.8. The van der Waals surface area contributed by atoms with E-state index in [0.29, 0.717) is 6.54 Å². The summed E-state index contributed by atoms with van der Waals surface area (Å²) in [6.07, 6.45) is 3.50. The first kappa shape index (κ1) is 17.5. The molecule has 1 aromatic rings. The van der Waals surface area contributed by atoms with E-state index >= 15 is 0 Å². The van der Waals surface area contributed by atoms with E-state index in [9.17, 15) is 4.79 Å². The minimum absolute atomic E-state index is 0.0755. The van der Waals surface area contributed by atoms with Crippen molar-refractivity contribution in [2.24, 2.45) is 0 Å². The number of nitrogens with one attached hydrogen (secondary N) is 1. The first-order chi connectivity index (χ1) is 11.1. The van der Waals surface area contributed by atoms with Crippen molar-refractivity contribution in [3.63, 3.8) is 0 Å². The van der Waals surface area contributed by atoms with Gasteiger partial charge in [-0.2, -0.15) is 0 Å². The number of ether oxygens (including phenoxy) is 2. The van der Waals surface area contributed by atoms with Crippen molar-refractivity contribution in [2.75, 3.05) is 39.4 Å². The van der Waals surface area contributed by atoms with E-state index in [0.717, 1.165) is 44.2 Å². The van der Waals surface area contributed by atoms with E-state index in [1.54, 1.807) is 12.2 Å². The number of carbonyl (C=O) groups excluding carboxylic acids is 1. The zero-order valence-electron chi connectivity index (χ0n) is 14.0. The molecule has 5 heteroatoms. The van der Waals surface area contributed by atoms with Gasteiger partial charge in [-0.05, 0) is 37.6 Å². The first-order valence-corrected chi connectivity index (χ1v) is 8.16. The van der Waals surface area contributed by atoms with Gasteiger partial charge in [-0.15, -0.1) is 0 Å². The van der Waals surface area contributed by atoms with Gasteiger partial charge >= 0.3 is 0 Å². The highest BCUT2D eigenvalue weighted by molar-refractivity contribution is 5.91. The van der Waals surface area contributed by atoms with Crippen LogP contribution >= 0.6 is 0 Å². The van der Waals surface area contributed by atoms with Crippen molar-refractivity contribution in [1.82, 2.24) is 10.2 Å². The lowest BCUT2D eigenvalue weighted by molar-refractivity contribution is -0.116. The molecule has 0 aromatic heterocycles. The largest absolute Gasteiger partial charge is 0.491 e. The monoisotopic (exact) mass is 318 g/mol. The Morgan fingerprint density at radius 1 is 1.39 bits per heavy atom. The molecular weight excluding hydrogens is 292 g/mol. The summed E-state index contributed by atoms with van der Waals surface area (Å²) >= 11 is 0. The second-order valence-electron chi connectivity index (χ2n) is 5.82. The Bertz CT molecular complexity index is 523.